The first-order valence-corrected chi connectivity index (χ1v) is 6.84. The molecule has 3 nitrogen and oxygen atoms in total. The molecule has 0 bridgehead atoms. The molecule has 0 radical (unpaired) electrons. The Morgan fingerprint density at radius 1 is 1.21 bits per heavy atom. The third kappa shape index (κ3) is 3.29. The van der Waals surface area contributed by atoms with Crippen LogP contribution in [0, 0.1) is 11.7 Å². The van der Waals surface area contributed by atoms with Gasteiger partial charge in [-0.1, -0.05) is 13.8 Å². The Hall–Kier alpha value is -1.49. The van der Waals surface area contributed by atoms with Crippen molar-refractivity contribution in [2.75, 3.05) is 5.73 Å². The number of rotatable bonds is 3. The molecule has 0 aliphatic rings. The lowest BCUT2D eigenvalue weighted by molar-refractivity contribution is 0.628. The van der Waals surface area contributed by atoms with Crippen molar-refractivity contribution in [3.8, 4) is 11.4 Å². The molecule has 0 saturated carbocycles. The van der Waals surface area contributed by atoms with E-state index in [0.717, 1.165) is 22.2 Å². The number of hydrogen-bond acceptors (Lipinski definition) is 3. The van der Waals surface area contributed by atoms with Crippen LogP contribution in [-0.4, -0.2) is 9.97 Å². The van der Waals surface area contributed by atoms with Crippen molar-refractivity contribution in [2.45, 2.75) is 20.3 Å². The predicted octanol–water partition coefficient (Wildman–Crippen LogP) is 3.83. The molecule has 0 aliphatic heterocycles. The summed E-state index contributed by atoms with van der Waals surface area (Å²) >= 11 is 3.42. The molecule has 0 amide bonds. The fraction of sp³-hybridized carbons (Fsp3) is 0.286. The highest BCUT2D eigenvalue weighted by Gasteiger charge is 2.12. The van der Waals surface area contributed by atoms with Crippen LogP contribution in [0.3, 0.4) is 0 Å². The number of hydrogen-bond donors (Lipinski definition) is 1. The second kappa shape index (κ2) is 5.65. The van der Waals surface area contributed by atoms with Gasteiger partial charge in [-0.05, 0) is 52.5 Å². The summed E-state index contributed by atoms with van der Waals surface area (Å²) < 4.78 is 13.7. The molecule has 0 spiro atoms. The quantitative estimate of drug-likeness (QED) is 0.934. The van der Waals surface area contributed by atoms with Crippen LogP contribution in [-0.2, 0) is 6.42 Å². The molecule has 19 heavy (non-hydrogen) atoms. The first-order valence-electron chi connectivity index (χ1n) is 6.05. The van der Waals surface area contributed by atoms with E-state index >= 15 is 0 Å². The summed E-state index contributed by atoms with van der Waals surface area (Å²) in [6.07, 6.45) is 0.807. The fourth-order valence-corrected chi connectivity index (χ4v) is 2.10. The van der Waals surface area contributed by atoms with Crippen LogP contribution in [0.25, 0.3) is 11.4 Å². The van der Waals surface area contributed by atoms with Crippen LogP contribution in [0.2, 0.25) is 0 Å². The Labute approximate surface area is 120 Å². The summed E-state index contributed by atoms with van der Waals surface area (Å²) in [4.78, 5) is 8.75. The zero-order valence-corrected chi connectivity index (χ0v) is 12.4. The highest BCUT2D eigenvalue weighted by Crippen LogP contribution is 2.26. The van der Waals surface area contributed by atoms with E-state index in [-0.39, 0.29) is 5.82 Å². The normalized spacial score (nSPS) is 11.0. The van der Waals surface area contributed by atoms with Crippen LogP contribution >= 0.6 is 15.9 Å². The number of nitrogens with two attached hydrogens (primary N) is 1. The van der Waals surface area contributed by atoms with Gasteiger partial charge in [0.25, 0.3) is 0 Å². The van der Waals surface area contributed by atoms with Crippen LogP contribution < -0.4 is 5.73 Å². The van der Waals surface area contributed by atoms with Crippen molar-refractivity contribution < 1.29 is 4.39 Å². The molecule has 2 rings (SSSR count). The molecule has 0 aliphatic carbocycles. The minimum absolute atomic E-state index is 0.281. The lowest BCUT2D eigenvalue weighted by atomic mass is 10.1. The Balaban J connectivity index is 2.46. The van der Waals surface area contributed by atoms with E-state index in [2.05, 4.69) is 39.7 Å². The van der Waals surface area contributed by atoms with Gasteiger partial charge < -0.3 is 5.73 Å². The zero-order chi connectivity index (χ0) is 14.0. The van der Waals surface area contributed by atoms with Gasteiger partial charge in [-0.2, -0.15) is 0 Å². The average molecular weight is 324 g/mol. The Morgan fingerprint density at radius 2 is 1.84 bits per heavy atom. The molecule has 0 saturated heterocycles. The molecule has 2 aromatic rings. The molecule has 1 aromatic carbocycles. The van der Waals surface area contributed by atoms with Crippen LogP contribution in [0.15, 0.2) is 28.7 Å². The van der Waals surface area contributed by atoms with E-state index in [9.17, 15) is 4.39 Å². The summed E-state index contributed by atoms with van der Waals surface area (Å²) in [6.45, 7) is 4.23. The number of nitrogens with zero attached hydrogens (tertiary/aromatic N) is 2. The SMILES string of the molecule is CC(C)Cc1nc(-c2ccc(F)cc2)nc(N)c1Br. The lowest BCUT2D eigenvalue weighted by Crippen LogP contribution is -2.05. The van der Waals surface area contributed by atoms with Gasteiger partial charge in [-0.3, -0.25) is 0 Å². The maximum absolute atomic E-state index is 12.9. The molecule has 1 aromatic heterocycles. The van der Waals surface area contributed by atoms with E-state index < -0.39 is 0 Å². The van der Waals surface area contributed by atoms with Gasteiger partial charge in [0.05, 0.1) is 10.2 Å². The third-order valence-corrected chi connectivity index (χ3v) is 3.51. The predicted molar refractivity (Wildman–Crippen MR) is 78.1 cm³/mol. The smallest absolute Gasteiger partial charge is 0.161 e. The third-order valence-electron chi connectivity index (χ3n) is 2.65. The van der Waals surface area contributed by atoms with Gasteiger partial charge >= 0.3 is 0 Å². The first kappa shape index (κ1) is 13.9. The summed E-state index contributed by atoms with van der Waals surface area (Å²) in [7, 11) is 0. The van der Waals surface area contributed by atoms with E-state index in [4.69, 9.17) is 5.73 Å². The molecule has 100 valence electrons. The Morgan fingerprint density at radius 3 is 2.42 bits per heavy atom. The van der Waals surface area contributed by atoms with Crippen LogP contribution in [0.4, 0.5) is 10.2 Å². The lowest BCUT2D eigenvalue weighted by Gasteiger charge is -2.10. The molecule has 0 atom stereocenters. The summed E-state index contributed by atoms with van der Waals surface area (Å²) in [5.41, 5.74) is 7.52. The van der Waals surface area contributed by atoms with Gasteiger partial charge in [0.15, 0.2) is 5.82 Å². The van der Waals surface area contributed by atoms with Gasteiger partial charge in [0, 0.05) is 5.56 Å². The Kier molecular flexibility index (Phi) is 4.14. The number of halogens is 2. The van der Waals surface area contributed by atoms with Crippen LogP contribution in [0.5, 0.6) is 0 Å². The van der Waals surface area contributed by atoms with E-state index in [1.54, 1.807) is 12.1 Å². The average Bonchev–Trinajstić information content (AvgIpc) is 2.35. The highest BCUT2D eigenvalue weighted by atomic mass is 79.9. The molecule has 1 heterocycles. The number of benzene rings is 1. The van der Waals surface area contributed by atoms with E-state index in [1.807, 2.05) is 0 Å². The van der Waals surface area contributed by atoms with Gasteiger partial charge in [0.2, 0.25) is 0 Å². The molecular formula is C14H15BrFN3. The van der Waals surface area contributed by atoms with E-state index in [1.165, 1.54) is 12.1 Å². The molecule has 0 unspecified atom stereocenters. The van der Waals surface area contributed by atoms with Crippen molar-refractivity contribution in [2.24, 2.45) is 5.92 Å². The standard InChI is InChI=1S/C14H15BrFN3/c1-8(2)7-11-12(15)13(17)19-14(18-11)9-3-5-10(16)6-4-9/h3-6,8H,7H2,1-2H3,(H2,17,18,19). The maximum Gasteiger partial charge on any atom is 0.161 e. The van der Waals surface area contributed by atoms with Crippen molar-refractivity contribution in [3.05, 3.63) is 40.2 Å². The topological polar surface area (TPSA) is 51.8 Å². The number of nitrogen functional groups attached to an aromatic ring is 1. The first-order chi connectivity index (χ1) is 8.97. The number of aromatic nitrogens is 2. The van der Waals surface area contributed by atoms with Crippen molar-refractivity contribution in [1.29, 1.82) is 0 Å². The number of anilines is 1. The second-order valence-corrected chi connectivity index (χ2v) is 5.59. The highest BCUT2D eigenvalue weighted by molar-refractivity contribution is 9.10. The summed E-state index contributed by atoms with van der Waals surface area (Å²) in [5.74, 6) is 1.12. The van der Waals surface area contributed by atoms with Gasteiger partial charge in [-0.15, -0.1) is 0 Å². The molecular weight excluding hydrogens is 309 g/mol. The fourth-order valence-electron chi connectivity index (χ4n) is 1.76. The van der Waals surface area contributed by atoms with Gasteiger partial charge in [-0.25, -0.2) is 14.4 Å². The van der Waals surface area contributed by atoms with Crippen molar-refractivity contribution in [1.82, 2.24) is 9.97 Å². The largest absolute Gasteiger partial charge is 0.383 e. The summed E-state index contributed by atoms with van der Waals surface area (Å²) in [5, 5.41) is 0. The minimum Gasteiger partial charge on any atom is -0.383 e. The molecule has 0 fully saturated rings. The van der Waals surface area contributed by atoms with Crippen molar-refractivity contribution >= 4 is 21.7 Å². The van der Waals surface area contributed by atoms with E-state index in [0.29, 0.717) is 17.6 Å². The van der Waals surface area contributed by atoms with Gasteiger partial charge in [0.1, 0.15) is 11.6 Å². The van der Waals surface area contributed by atoms with Crippen LogP contribution in [0.1, 0.15) is 19.5 Å². The molecule has 2 N–H and O–H groups in total. The second-order valence-electron chi connectivity index (χ2n) is 4.80. The maximum atomic E-state index is 12.9. The zero-order valence-electron chi connectivity index (χ0n) is 10.8. The minimum atomic E-state index is -0.281. The Bertz CT molecular complexity index is 582. The summed E-state index contributed by atoms with van der Waals surface area (Å²) in [6, 6.07) is 6.08. The molecule has 5 heteroatoms. The van der Waals surface area contributed by atoms with Crippen molar-refractivity contribution in [3.63, 3.8) is 0 Å². The monoisotopic (exact) mass is 323 g/mol.